The Bertz CT molecular complexity index is 423. The first-order valence-corrected chi connectivity index (χ1v) is 11.1. The first kappa shape index (κ1) is 26.2. The lowest BCUT2D eigenvalue weighted by molar-refractivity contribution is -0.779. The van der Waals surface area contributed by atoms with Gasteiger partial charge in [0.05, 0.1) is 13.7 Å². The number of allylic oxidation sites excluding steroid dienone is 2. The van der Waals surface area contributed by atoms with Gasteiger partial charge in [-0.2, -0.15) is 9.28 Å². The number of halogens is 1. The number of nitrogens with zero attached hydrogens (tertiary/aromatic N) is 1. The van der Waals surface area contributed by atoms with Crippen LogP contribution in [-0.2, 0) is 4.74 Å². The van der Waals surface area contributed by atoms with Crippen LogP contribution in [0.3, 0.4) is 0 Å². The van der Waals surface area contributed by atoms with E-state index in [0.29, 0.717) is 13.2 Å². The maximum absolute atomic E-state index is 12.1. The van der Waals surface area contributed by atoms with Crippen LogP contribution in [0.2, 0.25) is 0 Å². The van der Waals surface area contributed by atoms with Crippen LogP contribution in [0, 0.1) is 0 Å². The fraction of sp³-hybridized carbons (Fsp3) is 0.783. The number of unbranched alkanes of at least 4 members (excludes halogenated alkanes) is 13. The summed E-state index contributed by atoms with van der Waals surface area (Å²) in [6.07, 6.45) is 26.5. The normalized spacial score (nSPS) is 18.3. The minimum atomic E-state index is -0.139. The molecule has 158 valence electrons. The van der Waals surface area contributed by atoms with Crippen molar-refractivity contribution in [2.24, 2.45) is 0 Å². The van der Waals surface area contributed by atoms with Crippen LogP contribution < -0.4 is 12.4 Å². The Balaban J connectivity index is 0.00000676. The Morgan fingerprint density at radius 2 is 1.30 bits per heavy atom. The van der Waals surface area contributed by atoms with Crippen molar-refractivity contribution in [3.8, 4) is 0 Å². The van der Waals surface area contributed by atoms with Crippen molar-refractivity contribution in [3.05, 3.63) is 24.4 Å². The molecule has 0 aromatic carbocycles. The molecule has 0 spiro atoms. The molecule has 0 radical (unpaired) electrons. The summed E-state index contributed by atoms with van der Waals surface area (Å²) in [5.74, 6) is 0. The second-order valence-electron chi connectivity index (χ2n) is 7.93. The van der Waals surface area contributed by atoms with Crippen LogP contribution in [0.15, 0.2) is 24.4 Å². The molecule has 1 aliphatic heterocycles. The standard InChI is InChI=1S/C23H42NO2.ClH/c1-3-4-5-6-7-8-9-10-11-12-13-14-15-19-22-26-23(25)24(2)20-17-16-18-21-24;/h16-18,20H,3-15,19,21-22H2,1-2H3;1H/q+1;/p-1. The molecule has 0 saturated heterocycles. The Morgan fingerprint density at radius 1 is 0.815 bits per heavy atom. The number of carbonyl (C=O) groups is 1. The average molecular weight is 400 g/mol. The lowest BCUT2D eigenvalue weighted by Crippen LogP contribution is -3.00. The number of hydrogen-bond donors (Lipinski definition) is 0. The fourth-order valence-electron chi connectivity index (χ4n) is 3.40. The predicted octanol–water partition coefficient (Wildman–Crippen LogP) is 4.14. The van der Waals surface area contributed by atoms with Gasteiger partial charge in [-0.15, -0.1) is 0 Å². The van der Waals surface area contributed by atoms with Gasteiger partial charge in [-0.3, -0.25) is 0 Å². The summed E-state index contributed by atoms with van der Waals surface area (Å²) < 4.78 is 5.67. The highest BCUT2D eigenvalue weighted by Gasteiger charge is 2.31. The van der Waals surface area contributed by atoms with E-state index in [1.807, 2.05) is 31.5 Å². The van der Waals surface area contributed by atoms with Gasteiger partial charge in [-0.05, 0) is 18.6 Å². The van der Waals surface area contributed by atoms with Gasteiger partial charge in [0.1, 0.15) is 12.7 Å². The van der Waals surface area contributed by atoms with Gasteiger partial charge >= 0.3 is 6.09 Å². The van der Waals surface area contributed by atoms with Crippen molar-refractivity contribution in [2.45, 2.75) is 96.8 Å². The number of hydrogen-bond acceptors (Lipinski definition) is 2. The third-order valence-corrected chi connectivity index (χ3v) is 5.29. The number of likely N-dealkylation sites (N-methyl/N-ethyl adjacent to an activating group) is 1. The summed E-state index contributed by atoms with van der Waals surface area (Å²) in [5, 5.41) is 0. The predicted molar refractivity (Wildman–Crippen MR) is 111 cm³/mol. The van der Waals surface area contributed by atoms with Gasteiger partial charge < -0.3 is 17.1 Å². The first-order valence-electron chi connectivity index (χ1n) is 11.1. The lowest BCUT2D eigenvalue weighted by atomic mass is 10.0. The molecule has 1 atom stereocenters. The summed E-state index contributed by atoms with van der Waals surface area (Å²) in [5.41, 5.74) is 0. The molecular weight excluding hydrogens is 358 g/mol. The van der Waals surface area contributed by atoms with Gasteiger partial charge in [0, 0.05) is 0 Å². The van der Waals surface area contributed by atoms with Crippen LogP contribution in [0.5, 0.6) is 0 Å². The molecule has 0 saturated carbocycles. The second kappa shape index (κ2) is 17.3. The summed E-state index contributed by atoms with van der Waals surface area (Å²) in [6.45, 7) is 3.52. The molecule has 0 N–H and O–H groups in total. The molecule has 3 nitrogen and oxygen atoms in total. The molecule has 4 heteroatoms. The quantitative estimate of drug-likeness (QED) is 0.305. The van der Waals surface area contributed by atoms with Crippen LogP contribution in [0.1, 0.15) is 96.8 Å². The number of amides is 1. The molecule has 1 rings (SSSR count). The van der Waals surface area contributed by atoms with E-state index in [0.717, 1.165) is 6.42 Å². The van der Waals surface area contributed by atoms with E-state index in [1.165, 1.54) is 83.5 Å². The maximum atomic E-state index is 12.1. The molecule has 0 fully saturated rings. The Kier molecular flexibility index (Phi) is 16.8. The number of ether oxygens (including phenoxy) is 1. The smallest absolute Gasteiger partial charge is 0.520 e. The van der Waals surface area contributed by atoms with Gasteiger partial charge in [0.15, 0.2) is 0 Å². The molecular formula is C23H42ClNO2. The average Bonchev–Trinajstić information content (AvgIpc) is 2.65. The molecule has 0 aromatic rings. The summed E-state index contributed by atoms with van der Waals surface area (Å²) in [6, 6.07) is 0. The first-order chi connectivity index (χ1) is 12.7. The lowest BCUT2D eigenvalue weighted by Gasteiger charge is -2.25. The van der Waals surface area contributed by atoms with Crippen molar-refractivity contribution in [1.82, 2.24) is 0 Å². The van der Waals surface area contributed by atoms with E-state index in [4.69, 9.17) is 4.74 Å². The van der Waals surface area contributed by atoms with Crippen molar-refractivity contribution in [2.75, 3.05) is 20.2 Å². The highest BCUT2D eigenvalue weighted by Crippen LogP contribution is 2.14. The van der Waals surface area contributed by atoms with Gasteiger partial charge in [-0.1, -0.05) is 96.5 Å². The van der Waals surface area contributed by atoms with E-state index < -0.39 is 0 Å². The van der Waals surface area contributed by atoms with E-state index in [9.17, 15) is 4.79 Å². The molecule has 1 aliphatic rings. The number of carbonyl (C=O) groups excluding carboxylic acids is 1. The zero-order valence-corrected chi connectivity index (χ0v) is 18.5. The van der Waals surface area contributed by atoms with Crippen molar-refractivity contribution < 1.29 is 26.4 Å². The van der Waals surface area contributed by atoms with E-state index in [1.54, 1.807) is 0 Å². The van der Waals surface area contributed by atoms with Crippen LogP contribution in [0.4, 0.5) is 4.79 Å². The monoisotopic (exact) mass is 399 g/mol. The van der Waals surface area contributed by atoms with Gasteiger partial charge in [0.25, 0.3) is 0 Å². The highest BCUT2D eigenvalue weighted by molar-refractivity contribution is 5.60. The molecule has 1 unspecified atom stereocenters. The Labute approximate surface area is 174 Å². The van der Waals surface area contributed by atoms with Crippen LogP contribution in [-0.4, -0.2) is 30.8 Å². The Hall–Kier alpha value is -0.800. The summed E-state index contributed by atoms with van der Waals surface area (Å²) in [4.78, 5) is 12.1. The topological polar surface area (TPSA) is 26.3 Å². The van der Waals surface area contributed by atoms with Crippen LogP contribution >= 0.6 is 0 Å². The van der Waals surface area contributed by atoms with Gasteiger partial charge in [-0.25, -0.2) is 0 Å². The van der Waals surface area contributed by atoms with Crippen molar-refractivity contribution >= 4 is 6.09 Å². The van der Waals surface area contributed by atoms with E-state index in [2.05, 4.69) is 6.92 Å². The molecule has 0 aromatic heterocycles. The third kappa shape index (κ3) is 13.1. The molecule has 0 bridgehead atoms. The molecule has 27 heavy (non-hydrogen) atoms. The SMILES string of the molecule is CCCCCCCCCCCCCCCCOC(=O)[N+]1(C)C=CC=CC1.[Cl-]. The molecule has 1 heterocycles. The minimum absolute atomic E-state index is 0. The zero-order valence-electron chi connectivity index (χ0n) is 17.8. The fourth-order valence-corrected chi connectivity index (χ4v) is 3.40. The van der Waals surface area contributed by atoms with Crippen molar-refractivity contribution in [1.29, 1.82) is 0 Å². The second-order valence-corrected chi connectivity index (χ2v) is 7.93. The summed E-state index contributed by atoms with van der Waals surface area (Å²) >= 11 is 0. The number of quaternary nitrogens is 1. The zero-order chi connectivity index (χ0) is 18.9. The summed E-state index contributed by atoms with van der Waals surface area (Å²) in [7, 11) is 1.90. The van der Waals surface area contributed by atoms with E-state index >= 15 is 0 Å². The minimum Gasteiger partial charge on any atom is -1.00 e. The van der Waals surface area contributed by atoms with E-state index in [-0.39, 0.29) is 23.0 Å². The molecule has 1 amide bonds. The number of rotatable bonds is 15. The Morgan fingerprint density at radius 3 is 1.74 bits per heavy atom. The third-order valence-electron chi connectivity index (χ3n) is 5.29. The molecule has 0 aliphatic carbocycles. The highest BCUT2D eigenvalue weighted by atomic mass is 35.5. The van der Waals surface area contributed by atoms with Crippen molar-refractivity contribution in [3.63, 3.8) is 0 Å². The van der Waals surface area contributed by atoms with Gasteiger partial charge in [0.2, 0.25) is 0 Å². The largest absolute Gasteiger partial charge is 1.00 e. The van der Waals surface area contributed by atoms with Crippen LogP contribution in [0.25, 0.3) is 0 Å². The maximum Gasteiger partial charge on any atom is 0.520 e.